The van der Waals surface area contributed by atoms with Crippen molar-refractivity contribution in [2.75, 3.05) is 31.1 Å². The fourth-order valence-electron chi connectivity index (χ4n) is 3.82. The van der Waals surface area contributed by atoms with Crippen molar-refractivity contribution in [1.29, 1.82) is 0 Å². The van der Waals surface area contributed by atoms with Crippen LogP contribution in [0.5, 0.6) is 0 Å². The molecule has 1 aliphatic rings. The second kappa shape index (κ2) is 9.00. The van der Waals surface area contributed by atoms with Crippen molar-refractivity contribution < 1.29 is 23.1 Å². The number of anilines is 1. The standard InChI is InChI=1S/C24H22F3N3O2/c25-24(26,27)21-7-2-1-6-20(21)23(32)30-12-10-29(11-13-30)22-9-8-19(15-28-22)18-5-3-4-17(14-18)16-31/h1-9,14-15,31H,10-13,16H2. The van der Waals surface area contributed by atoms with Gasteiger partial charge >= 0.3 is 6.18 Å². The number of rotatable bonds is 4. The molecule has 2 aromatic carbocycles. The number of aromatic nitrogens is 1. The summed E-state index contributed by atoms with van der Waals surface area (Å²) < 4.78 is 39.8. The molecule has 1 aliphatic heterocycles. The number of hydrogen-bond donors (Lipinski definition) is 1. The van der Waals surface area contributed by atoms with Crippen LogP contribution in [0.1, 0.15) is 21.5 Å². The maximum atomic E-state index is 13.3. The van der Waals surface area contributed by atoms with Crippen molar-refractivity contribution in [3.8, 4) is 11.1 Å². The molecule has 32 heavy (non-hydrogen) atoms. The third-order valence-electron chi connectivity index (χ3n) is 5.54. The zero-order valence-electron chi connectivity index (χ0n) is 17.2. The lowest BCUT2D eigenvalue weighted by atomic mass is 10.0. The maximum Gasteiger partial charge on any atom is 0.417 e. The van der Waals surface area contributed by atoms with E-state index in [2.05, 4.69) is 4.98 Å². The number of aliphatic hydroxyl groups excluding tert-OH is 1. The summed E-state index contributed by atoms with van der Waals surface area (Å²) >= 11 is 0. The van der Waals surface area contributed by atoms with E-state index in [4.69, 9.17) is 0 Å². The van der Waals surface area contributed by atoms with Crippen LogP contribution in [0.4, 0.5) is 19.0 Å². The number of nitrogens with zero attached hydrogens (tertiary/aromatic N) is 3. The molecule has 0 aliphatic carbocycles. The highest BCUT2D eigenvalue weighted by Gasteiger charge is 2.36. The predicted molar refractivity (Wildman–Crippen MR) is 115 cm³/mol. The molecule has 0 atom stereocenters. The van der Waals surface area contributed by atoms with Crippen LogP contribution in [0, 0.1) is 0 Å². The van der Waals surface area contributed by atoms with Crippen LogP contribution in [0.15, 0.2) is 66.9 Å². The molecular weight excluding hydrogens is 419 g/mol. The molecule has 0 unspecified atom stereocenters. The Morgan fingerprint density at radius 1 is 0.938 bits per heavy atom. The van der Waals surface area contributed by atoms with Crippen LogP contribution in [0.3, 0.4) is 0 Å². The first-order valence-electron chi connectivity index (χ1n) is 10.2. The molecular formula is C24H22F3N3O2. The van der Waals surface area contributed by atoms with Crippen molar-refractivity contribution in [2.45, 2.75) is 12.8 Å². The number of pyridine rings is 1. The topological polar surface area (TPSA) is 56.7 Å². The Bertz CT molecular complexity index is 1090. The van der Waals surface area contributed by atoms with E-state index >= 15 is 0 Å². The summed E-state index contributed by atoms with van der Waals surface area (Å²) in [6.07, 6.45) is -2.82. The lowest BCUT2D eigenvalue weighted by Crippen LogP contribution is -2.49. The lowest BCUT2D eigenvalue weighted by Gasteiger charge is -2.35. The lowest BCUT2D eigenvalue weighted by molar-refractivity contribution is -0.138. The number of benzene rings is 2. The van der Waals surface area contributed by atoms with E-state index in [9.17, 15) is 23.1 Å². The highest BCUT2D eigenvalue weighted by Crippen LogP contribution is 2.32. The molecule has 0 radical (unpaired) electrons. The van der Waals surface area contributed by atoms with E-state index in [1.54, 1.807) is 6.20 Å². The van der Waals surface area contributed by atoms with Crippen LogP contribution in [0.2, 0.25) is 0 Å². The first-order chi connectivity index (χ1) is 15.4. The maximum absolute atomic E-state index is 13.3. The second-order valence-corrected chi connectivity index (χ2v) is 7.59. The van der Waals surface area contributed by atoms with Gasteiger partial charge in [-0.05, 0) is 41.5 Å². The van der Waals surface area contributed by atoms with E-state index in [1.165, 1.54) is 23.1 Å². The molecule has 1 aromatic heterocycles. The normalized spacial score (nSPS) is 14.5. The summed E-state index contributed by atoms with van der Waals surface area (Å²) in [5, 5.41) is 9.31. The van der Waals surface area contributed by atoms with E-state index in [0.29, 0.717) is 26.2 Å². The minimum atomic E-state index is -4.57. The van der Waals surface area contributed by atoms with Crippen LogP contribution < -0.4 is 4.90 Å². The number of carbonyl (C=O) groups excluding carboxylic acids is 1. The van der Waals surface area contributed by atoms with Gasteiger partial charge in [0, 0.05) is 37.9 Å². The van der Waals surface area contributed by atoms with Crippen molar-refractivity contribution in [3.63, 3.8) is 0 Å². The molecule has 0 saturated carbocycles. The average Bonchev–Trinajstić information content (AvgIpc) is 2.83. The van der Waals surface area contributed by atoms with Gasteiger partial charge < -0.3 is 14.9 Å². The number of hydrogen-bond acceptors (Lipinski definition) is 4. The van der Waals surface area contributed by atoms with Gasteiger partial charge in [0.05, 0.1) is 17.7 Å². The fraction of sp³-hybridized carbons (Fsp3) is 0.250. The molecule has 1 fully saturated rings. The molecule has 1 amide bonds. The minimum absolute atomic E-state index is 0.0319. The highest BCUT2D eigenvalue weighted by molar-refractivity contribution is 5.96. The molecule has 0 bridgehead atoms. The average molecular weight is 441 g/mol. The number of carbonyl (C=O) groups is 1. The van der Waals surface area contributed by atoms with E-state index in [-0.39, 0.29) is 12.2 Å². The Morgan fingerprint density at radius 2 is 1.69 bits per heavy atom. The van der Waals surface area contributed by atoms with Crippen LogP contribution >= 0.6 is 0 Å². The second-order valence-electron chi connectivity index (χ2n) is 7.59. The first-order valence-corrected chi connectivity index (χ1v) is 10.2. The molecule has 0 spiro atoms. The SMILES string of the molecule is O=C(c1ccccc1C(F)(F)F)N1CCN(c2ccc(-c3cccc(CO)c3)cn2)CC1. The Balaban J connectivity index is 1.42. The van der Waals surface area contributed by atoms with Crippen molar-refractivity contribution in [3.05, 3.63) is 83.6 Å². The smallest absolute Gasteiger partial charge is 0.392 e. The third-order valence-corrected chi connectivity index (χ3v) is 5.54. The third kappa shape index (κ3) is 4.60. The van der Waals surface area contributed by atoms with E-state index < -0.39 is 17.6 Å². The molecule has 166 valence electrons. The summed E-state index contributed by atoms with van der Waals surface area (Å²) in [5.74, 6) is 0.138. The Kier molecular flexibility index (Phi) is 6.14. The molecule has 1 saturated heterocycles. The van der Waals surface area contributed by atoms with E-state index in [1.807, 2.05) is 41.3 Å². The molecule has 4 rings (SSSR count). The minimum Gasteiger partial charge on any atom is -0.392 e. The zero-order chi connectivity index (χ0) is 22.7. The number of amides is 1. The molecule has 2 heterocycles. The molecule has 8 heteroatoms. The number of piperazine rings is 1. The first kappa shape index (κ1) is 21.8. The van der Waals surface area contributed by atoms with Gasteiger partial charge in [-0.3, -0.25) is 4.79 Å². The monoisotopic (exact) mass is 441 g/mol. The molecule has 1 N–H and O–H groups in total. The van der Waals surface area contributed by atoms with Crippen molar-refractivity contribution >= 4 is 11.7 Å². The Morgan fingerprint density at radius 3 is 2.34 bits per heavy atom. The molecule has 3 aromatic rings. The van der Waals surface area contributed by atoms with Crippen LogP contribution in [0.25, 0.3) is 11.1 Å². The van der Waals surface area contributed by atoms with Gasteiger partial charge in [0.1, 0.15) is 5.82 Å². The zero-order valence-corrected chi connectivity index (χ0v) is 17.2. The van der Waals surface area contributed by atoms with Crippen molar-refractivity contribution in [2.24, 2.45) is 0 Å². The van der Waals surface area contributed by atoms with E-state index in [0.717, 1.165) is 28.6 Å². The summed E-state index contributed by atoms with van der Waals surface area (Å²) in [6.45, 7) is 1.55. The number of halogens is 3. The van der Waals surface area contributed by atoms with Gasteiger partial charge in [0.15, 0.2) is 0 Å². The fourth-order valence-corrected chi connectivity index (χ4v) is 3.82. The summed E-state index contributed by atoms with van der Waals surface area (Å²) in [6, 6.07) is 16.3. The van der Waals surface area contributed by atoms with Gasteiger partial charge in [-0.25, -0.2) is 4.98 Å². The van der Waals surface area contributed by atoms with Crippen molar-refractivity contribution in [1.82, 2.24) is 9.88 Å². The summed E-state index contributed by atoms with van der Waals surface area (Å²) in [5.41, 5.74) is 1.46. The number of aliphatic hydroxyl groups is 1. The van der Waals surface area contributed by atoms with Gasteiger partial charge in [-0.2, -0.15) is 13.2 Å². The van der Waals surface area contributed by atoms with Gasteiger partial charge in [-0.1, -0.05) is 30.3 Å². The van der Waals surface area contributed by atoms with Crippen LogP contribution in [-0.2, 0) is 12.8 Å². The highest BCUT2D eigenvalue weighted by atomic mass is 19.4. The largest absolute Gasteiger partial charge is 0.417 e. The van der Waals surface area contributed by atoms with Crippen LogP contribution in [-0.4, -0.2) is 47.1 Å². The summed E-state index contributed by atoms with van der Waals surface area (Å²) in [4.78, 5) is 20.7. The van der Waals surface area contributed by atoms with Gasteiger partial charge in [-0.15, -0.1) is 0 Å². The quantitative estimate of drug-likeness (QED) is 0.659. The Hall–Kier alpha value is -3.39. The van der Waals surface area contributed by atoms with Gasteiger partial charge in [0.25, 0.3) is 5.91 Å². The van der Waals surface area contributed by atoms with Gasteiger partial charge in [0.2, 0.25) is 0 Å². The Labute approximate surface area is 183 Å². The number of alkyl halides is 3. The molecule has 5 nitrogen and oxygen atoms in total. The summed E-state index contributed by atoms with van der Waals surface area (Å²) in [7, 11) is 0. The predicted octanol–water partition coefficient (Wildman–Crippen LogP) is 4.22.